The highest BCUT2D eigenvalue weighted by Crippen LogP contribution is 2.25. The number of rotatable bonds is 10. The number of hydrogen-bond acceptors (Lipinski definition) is 6. The lowest BCUT2D eigenvalue weighted by Crippen LogP contribution is -2.50. The second-order valence-electron chi connectivity index (χ2n) is 7.10. The summed E-state index contributed by atoms with van der Waals surface area (Å²) in [6.07, 6.45) is 2.59. The van der Waals surface area contributed by atoms with Crippen molar-refractivity contribution in [3.8, 4) is 0 Å². The number of amides is 2. The van der Waals surface area contributed by atoms with Crippen molar-refractivity contribution in [1.29, 1.82) is 0 Å². The molecule has 2 amide bonds. The van der Waals surface area contributed by atoms with Crippen molar-refractivity contribution in [2.75, 3.05) is 44.9 Å². The lowest BCUT2D eigenvalue weighted by molar-refractivity contribution is -0.123. The molecule has 0 aliphatic carbocycles. The van der Waals surface area contributed by atoms with Gasteiger partial charge in [-0.25, -0.2) is 0 Å². The third-order valence-corrected chi connectivity index (χ3v) is 6.71. The number of hydrogen-bond donors (Lipinski definition) is 2. The summed E-state index contributed by atoms with van der Waals surface area (Å²) in [5.41, 5.74) is 0.559. The number of carbonyl (C=O) groups excluding carboxylic acids is 2. The van der Waals surface area contributed by atoms with Crippen molar-refractivity contribution in [2.24, 2.45) is 0 Å². The lowest BCUT2D eigenvalue weighted by atomic mass is 10.1. The van der Waals surface area contributed by atoms with Gasteiger partial charge in [0.05, 0.1) is 19.3 Å². The number of ether oxygens (including phenoxy) is 1. The van der Waals surface area contributed by atoms with Gasteiger partial charge in [0.1, 0.15) is 6.04 Å². The summed E-state index contributed by atoms with van der Waals surface area (Å²) in [5.74, 6) is 0.438. The molecular weight excluding hydrogens is 418 g/mol. The molecule has 2 atom stereocenters. The van der Waals surface area contributed by atoms with Gasteiger partial charge in [-0.3, -0.25) is 14.5 Å². The molecule has 1 aliphatic rings. The van der Waals surface area contributed by atoms with E-state index in [2.05, 4.69) is 27.0 Å². The van der Waals surface area contributed by atoms with E-state index in [0.717, 1.165) is 18.8 Å². The minimum Gasteiger partial charge on any atom is -0.379 e. The highest BCUT2D eigenvalue weighted by Gasteiger charge is 2.26. The monoisotopic (exact) mass is 447 g/mol. The van der Waals surface area contributed by atoms with E-state index in [0.29, 0.717) is 31.7 Å². The second kappa shape index (κ2) is 12.1. The molecule has 162 valence electrons. The maximum absolute atomic E-state index is 13.0. The Kier molecular flexibility index (Phi) is 9.20. The average Bonchev–Trinajstić information content (AvgIpc) is 3.32. The van der Waals surface area contributed by atoms with Crippen molar-refractivity contribution < 1.29 is 14.3 Å². The van der Waals surface area contributed by atoms with Crippen LogP contribution in [0.25, 0.3) is 0 Å². The van der Waals surface area contributed by atoms with Gasteiger partial charge in [0.25, 0.3) is 5.91 Å². The molecular formula is C22H29N3O3S2. The minimum absolute atomic E-state index is 0.115. The molecule has 1 saturated heterocycles. The molecule has 0 bridgehead atoms. The molecule has 0 radical (unpaired) electrons. The first-order valence-electron chi connectivity index (χ1n) is 10.2. The Morgan fingerprint density at radius 3 is 2.60 bits per heavy atom. The van der Waals surface area contributed by atoms with E-state index >= 15 is 0 Å². The number of morpholine rings is 1. The zero-order chi connectivity index (χ0) is 21.2. The van der Waals surface area contributed by atoms with Crippen LogP contribution in [0, 0.1) is 0 Å². The van der Waals surface area contributed by atoms with E-state index in [1.807, 2.05) is 30.5 Å². The van der Waals surface area contributed by atoms with E-state index in [4.69, 9.17) is 4.74 Å². The molecule has 6 nitrogen and oxygen atoms in total. The van der Waals surface area contributed by atoms with Crippen LogP contribution in [0.3, 0.4) is 0 Å². The van der Waals surface area contributed by atoms with Crippen molar-refractivity contribution in [1.82, 2.24) is 15.5 Å². The average molecular weight is 448 g/mol. The Hall–Kier alpha value is -1.87. The molecule has 0 unspecified atom stereocenters. The summed E-state index contributed by atoms with van der Waals surface area (Å²) in [6.45, 7) is 3.62. The molecule has 1 aromatic carbocycles. The van der Waals surface area contributed by atoms with Crippen LogP contribution in [0.2, 0.25) is 0 Å². The van der Waals surface area contributed by atoms with E-state index in [-0.39, 0.29) is 17.9 Å². The Bertz CT molecular complexity index is 780. The van der Waals surface area contributed by atoms with Crippen LogP contribution in [0.1, 0.15) is 27.7 Å². The van der Waals surface area contributed by atoms with Crippen LogP contribution in [-0.4, -0.2) is 67.6 Å². The summed E-state index contributed by atoms with van der Waals surface area (Å²) >= 11 is 3.36. The third-order valence-electron chi connectivity index (χ3n) is 5.10. The molecule has 2 heterocycles. The molecule has 0 saturated carbocycles. The summed E-state index contributed by atoms with van der Waals surface area (Å²) in [6, 6.07) is 12.7. The number of nitrogens with zero attached hydrogens (tertiary/aromatic N) is 1. The Morgan fingerprint density at radius 2 is 1.93 bits per heavy atom. The normalized spacial score (nSPS) is 16.6. The van der Waals surface area contributed by atoms with E-state index in [1.165, 1.54) is 4.88 Å². The molecule has 8 heteroatoms. The summed E-state index contributed by atoms with van der Waals surface area (Å²) in [7, 11) is 0. The third kappa shape index (κ3) is 6.57. The number of carbonyl (C=O) groups is 2. The molecule has 2 aromatic rings. The molecule has 2 N–H and O–H groups in total. The van der Waals surface area contributed by atoms with Crippen molar-refractivity contribution in [3.63, 3.8) is 0 Å². The predicted molar refractivity (Wildman–Crippen MR) is 123 cm³/mol. The van der Waals surface area contributed by atoms with E-state index in [9.17, 15) is 9.59 Å². The number of thiophene rings is 1. The Morgan fingerprint density at radius 1 is 1.17 bits per heavy atom. The highest BCUT2D eigenvalue weighted by atomic mass is 32.2. The predicted octanol–water partition coefficient (Wildman–Crippen LogP) is 2.79. The van der Waals surface area contributed by atoms with Gasteiger partial charge >= 0.3 is 0 Å². The Labute approximate surface area is 186 Å². The van der Waals surface area contributed by atoms with Crippen LogP contribution in [0.5, 0.6) is 0 Å². The highest BCUT2D eigenvalue weighted by molar-refractivity contribution is 7.98. The fourth-order valence-electron chi connectivity index (χ4n) is 3.44. The van der Waals surface area contributed by atoms with Gasteiger partial charge in [-0.05, 0) is 42.0 Å². The molecule has 1 aliphatic heterocycles. The van der Waals surface area contributed by atoms with Gasteiger partial charge in [-0.2, -0.15) is 11.8 Å². The summed E-state index contributed by atoms with van der Waals surface area (Å²) in [5, 5.41) is 8.07. The Balaban J connectivity index is 1.63. The largest absolute Gasteiger partial charge is 0.379 e. The first-order chi connectivity index (χ1) is 14.7. The molecule has 1 fully saturated rings. The quantitative estimate of drug-likeness (QED) is 0.586. The van der Waals surface area contributed by atoms with Crippen LogP contribution < -0.4 is 10.6 Å². The number of thioether (sulfide) groups is 1. The van der Waals surface area contributed by atoms with Gasteiger partial charge in [-0.15, -0.1) is 11.3 Å². The van der Waals surface area contributed by atoms with Gasteiger partial charge in [-0.1, -0.05) is 24.3 Å². The zero-order valence-corrected chi connectivity index (χ0v) is 18.8. The smallest absolute Gasteiger partial charge is 0.251 e. The molecule has 30 heavy (non-hydrogen) atoms. The second-order valence-corrected chi connectivity index (χ2v) is 9.06. The van der Waals surface area contributed by atoms with Gasteiger partial charge in [0, 0.05) is 30.1 Å². The lowest BCUT2D eigenvalue weighted by Gasteiger charge is -2.34. The van der Waals surface area contributed by atoms with Gasteiger partial charge < -0.3 is 15.4 Å². The minimum atomic E-state index is -0.557. The van der Waals surface area contributed by atoms with Crippen molar-refractivity contribution in [2.45, 2.75) is 18.5 Å². The van der Waals surface area contributed by atoms with Crippen molar-refractivity contribution >= 4 is 34.9 Å². The SMILES string of the molecule is CSCC[C@@H](NC(=O)c1ccccc1)C(=O)NC[C@H](c1cccs1)N1CCOCC1. The standard InChI is InChI=1S/C22H29N3O3S2/c1-29-15-9-18(24-21(26)17-6-3-2-4-7-17)22(27)23-16-19(20-8-5-14-30-20)25-10-12-28-13-11-25/h2-8,14,18-19H,9-13,15-16H2,1H3,(H,23,27)(H,24,26)/t18-,19-/m1/s1. The zero-order valence-electron chi connectivity index (χ0n) is 17.2. The van der Waals surface area contributed by atoms with Crippen molar-refractivity contribution in [3.05, 3.63) is 58.3 Å². The van der Waals surface area contributed by atoms with E-state index in [1.54, 1.807) is 35.2 Å². The molecule has 0 spiro atoms. The number of benzene rings is 1. The van der Waals surface area contributed by atoms with E-state index < -0.39 is 6.04 Å². The van der Waals surface area contributed by atoms with Crippen LogP contribution in [0.15, 0.2) is 47.8 Å². The van der Waals surface area contributed by atoms with Crippen LogP contribution in [-0.2, 0) is 9.53 Å². The maximum Gasteiger partial charge on any atom is 0.251 e. The fraction of sp³-hybridized carbons (Fsp3) is 0.455. The van der Waals surface area contributed by atoms with Gasteiger partial charge in [0.15, 0.2) is 0 Å². The number of nitrogens with one attached hydrogen (secondary N) is 2. The van der Waals surface area contributed by atoms with Gasteiger partial charge in [0.2, 0.25) is 5.91 Å². The molecule has 3 rings (SSSR count). The maximum atomic E-state index is 13.0. The first kappa shape index (κ1) is 22.8. The molecule has 1 aromatic heterocycles. The first-order valence-corrected chi connectivity index (χ1v) is 12.4. The van der Waals surface area contributed by atoms with Crippen LogP contribution >= 0.6 is 23.1 Å². The summed E-state index contributed by atoms with van der Waals surface area (Å²) < 4.78 is 5.49. The van der Waals surface area contributed by atoms with Crippen LogP contribution in [0.4, 0.5) is 0 Å². The fourth-order valence-corrected chi connectivity index (χ4v) is 4.77. The summed E-state index contributed by atoms with van der Waals surface area (Å²) in [4.78, 5) is 29.2. The topological polar surface area (TPSA) is 70.7 Å².